The highest BCUT2D eigenvalue weighted by atomic mass is 35.5. The zero-order chi connectivity index (χ0) is 14.8. The first-order chi connectivity index (χ1) is 10.1. The van der Waals surface area contributed by atoms with Crippen LogP contribution in [0.15, 0.2) is 24.5 Å². The minimum Gasteiger partial charge on any atom is -0.380 e. The number of benzene rings is 1. The van der Waals surface area contributed by atoms with E-state index in [0.717, 1.165) is 35.9 Å². The van der Waals surface area contributed by atoms with Gasteiger partial charge in [0.1, 0.15) is 6.33 Å². The molecule has 6 nitrogen and oxygen atoms in total. The molecule has 1 aromatic heterocycles. The molecule has 112 valence electrons. The number of aromatic nitrogens is 4. The highest BCUT2D eigenvalue weighted by Crippen LogP contribution is 2.27. The predicted molar refractivity (Wildman–Crippen MR) is 82.9 cm³/mol. The van der Waals surface area contributed by atoms with Crippen LogP contribution in [0, 0.1) is 0 Å². The average Bonchev–Trinajstić information content (AvgIpc) is 3.12. The molecule has 21 heavy (non-hydrogen) atoms. The van der Waals surface area contributed by atoms with Gasteiger partial charge in [0.15, 0.2) is 0 Å². The topological polar surface area (TPSA) is 58.9 Å². The number of nitrogens with zero attached hydrogens (tertiary/aromatic N) is 5. The van der Waals surface area contributed by atoms with Crippen molar-refractivity contribution in [1.82, 2.24) is 25.1 Å². The van der Waals surface area contributed by atoms with Crippen LogP contribution >= 0.6 is 11.6 Å². The van der Waals surface area contributed by atoms with Crippen molar-refractivity contribution in [2.75, 3.05) is 18.4 Å². The van der Waals surface area contributed by atoms with Crippen molar-refractivity contribution in [1.29, 1.82) is 0 Å². The summed E-state index contributed by atoms with van der Waals surface area (Å²) in [5.41, 5.74) is 1.82. The fourth-order valence-electron chi connectivity index (χ4n) is 2.64. The molecule has 1 saturated heterocycles. The standard InChI is InChI=1S/C14H19ClN6/c1-10(2)20-6-5-11(8-20)17-14-7-12(3-4-13(14)15)21-9-16-18-19-21/h3-4,7,9-11,17H,5-6,8H2,1-2H3. The van der Waals surface area contributed by atoms with E-state index in [0.29, 0.717) is 12.1 Å². The van der Waals surface area contributed by atoms with Gasteiger partial charge in [0.25, 0.3) is 0 Å². The van der Waals surface area contributed by atoms with Crippen LogP contribution in [0.25, 0.3) is 5.69 Å². The predicted octanol–water partition coefficient (Wildman–Crippen LogP) is 2.21. The average molecular weight is 307 g/mol. The summed E-state index contributed by atoms with van der Waals surface area (Å²) < 4.78 is 1.62. The van der Waals surface area contributed by atoms with E-state index in [1.54, 1.807) is 11.0 Å². The van der Waals surface area contributed by atoms with Crippen molar-refractivity contribution in [2.45, 2.75) is 32.4 Å². The molecule has 1 atom stereocenters. The molecule has 0 amide bonds. The van der Waals surface area contributed by atoms with Crippen molar-refractivity contribution in [2.24, 2.45) is 0 Å². The molecule has 1 aromatic carbocycles. The molecule has 1 N–H and O–H groups in total. The molecule has 0 aliphatic carbocycles. The van der Waals surface area contributed by atoms with Crippen LogP contribution in [0.1, 0.15) is 20.3 Å². The van der Waals surface area contributed by atoms with Crippen molar-refractivity contribution in [3.63, 3.8) is 0 Å². The zero-order valence-electron chi connectivity index (χ0n) is 12.2. The summed E-state index contributed by atoms with van der Waals surface area (Å²) in [6.07, 6.45) is 2.70. The molecular formula is C14H19ClN6. The van der Waals surface area contributed by atoms with Gasteiger partial charge in [-0.15, -0.1) is 5.10 Å². The normalized spacial score (nSPS) is 19.3. The second-order valence-corrected chi connectivity index (χ2v) is 6.04. The fraction of sp³-hybridized carbons (Fsp3) is 0.500. The Bertz CT molecular complexity index is 598. The molecule has 0 spiro atoms. The lowest BCUT2D eigenvalue weighted by Gasteiger charge is -2.21. The van der Waals surface area contributed by atoms with E-state index < -0.39 is 0 Å². The van der Waals surface area contributed by atoms with Crippen molar-refractivity contribution in [3.8, 4) is 5.69 Å². The molecule has 2 heterocycles. The molecular weight excluding hydrogens is 288 g/mol. The maximum atomic E-state index is 6.30. The monoisotopic (exact) mass is 306 g/mol. The smallest absolute Gasteiger partial charge is 0.143 e. The van der Waals surface area contributed by atoms with E-state index in [1.807, 2.05) is 18.2 Å². The Balaban J connectivity index is 1.75. The van der Waals surface area contributed by atoms with Gasteiger partial charge in [0, 0.05) is 25.2 Å². The summed E-state index contributed by atoms with van der Waals surface area (Å²) in [5, 5.41) is 15.5. The van der Waals surface area contributed by atoms with Crippen LogP contribution in [-0.2, 0) is 0 Å². The molecule has 0 radical (unpaired) electrons. The summed E-state index contributed by atoms with van der Waals surface area (Å²) in [6, 6.07) is 6.76. The molecule has 0 bridgehead atoms. The van der Waals surface area contributed by atoms with Gasteiger partial charge in [-0.3, -0.25) is 4.90 Å². The largest absolute Gasteiger partial charge is 0.380 e. The third kappa shape index (κ3) is 3.16. The van der Waals surface area contributed by atoms with Gasteiger partial charge in [-0.05, 0) is 48.9 Å². The zero-order valence-corrected chi connectivity index (χ0v) is 13.0. The third-order valence-corrected chi connectivity index (χ3v) is 4.20. The highest BCUT2D eigenvalue weighted by molar-refractivity contribution is 6.33. The Morgan fingerprint density at radius 1 is 1.38 bits per heavy atom. The first kappa shape index (κ1) is 14.3. The van der Waals surface area contributed by atoms with Gasteiger partial charge in [0.05, 0.1) is 16.4 Å². The van der Waals surface area contributed by atoms with Crippen molar-refractivity contribution in [3.05, 3.63) is 29.5 Å². The quantitative estimate of drug-likeness (QED) is 0.938. The summed E-state index contributed by atoms with van der Waals surface area (Å²) in [4.78, 5) is 2.47. The Morgan fingerprint density at radius 3 is 2.90 bits per heavy atom. The number of anilines is 1. The molecule has 1 aliphatic heterocycles. The lowest BCUT2D eigenvalue weighted by Crippen LogP contribution is -2.31. The Labute approximate surface area is 129 Å². The highest BCUT2D eigenvalue weighted by Gasteiger charge is 2.24. The van der Waals surface area contributed by atoms with Crippen LogP contribution < -0.4 is 5.32 Å². The van der Waals surface area contributed by atoms with Gasteiger partial charge in [-0.1, -0.05) is 11.6 Å². The summed E-state index contributed by atoms with van der Waals surface area (Å²) in [6.45, 7) is 6.63. The molecule has 1 aliphatic rings. The second kappa shape index (κ2) is 5.99. The summed E-state index contributed by atoms with van der Waals surface area (Å²) in [5.74, 6) is 0. The Hall–Kier alpha value is -1.66. The molecule has 1 unspecified atom stereocenters. The SMILES string of the molecule is CC(C)N1CCC(Nc2cc(-n3cnnn3)ccc2Cl)C1. The van der Waals surface area contributed by atoms with Crippen LogP contribution in [0.3, 0.4) is 0 Å². The number of tetrazole rings is 1. The summed E-state index contributed by atoms with van der Waals surface area (Å²) >= 11 is 6.30. The third-order valence-electron chi connectivity index (χ3n) is 3.87. The van der Waals surface area contributed by atoms with Crippen LogP contribution in [0.2, 0.25) is 5.02 Å². The lowest BCUT2D eigenvalue weighted by molar-refractivity contribution is 0.274. The van der Waals surface area contributed by atoms with E-state index in [-0.39, 0.29) is 0 Å². The number of hydrogen-bond donors (Lipinski definition) is 1. The Kier molecular flexibility index (Phi) is 4.07. The summed E-state index contributed by atoms with van der Waals surface area (Å²) in [7, 11) is 0. The lowest BCUT2D eigenvalue weighted by atomic mass is 10.2. The van der Waals surface area contributed by atoms with Crippen LogP contribution in [0.5, 0.6) is 0 Å². The first-order valence-corrected chi connectivity index (χ1v) is 7.55. The van der Waals surface area contributed by atoms with Gasteiger partial charge in [-0.25, -0.2) is 4.68 Å². The van der Waals surface area contributed by atoms with Gasteiger partial charge < -0.3 is 5.32 Å². The van der Waals surface area contributed by atoms with E-state index in [2.05, 4.69) is 39.6 Å². The maximum absolute atomic E-state index is 6.30. The van der Waals surface area contributed by atoms with Crippen LogP contribution in [-0.4, -0.2) is 50.3 Å². The van der Waals surface area contributed by atoms with Gasteiger partial charge in [0.2, 0.25) is 0 Å². The van der Waals surface area contributed by atoms with Crippen LogP contribution in [0.4, 0.5) is 5.69 Å². The van der Waals surface area contributed by atoms with E-state index in [9.17, 15) is 0 Å². The van der Waals surface area contributed by atoms with Gasteiger partial charge in [-0.2, -0.15) is 0 Å². The number of rotatable bonds is 4. The second-order valence-electron chi connectivity index (χ2n) is 5.64. The van der Waals surface area contributed by atoms with Crippen molar-refractivity contribution < 1.29 is 0 Å². The number of hydrogen-bond acceptors (Lipinski definition) is 5. The fourth-order valence-corrected chi connectivity index (χ4v) is 2.81. The Morgan fingerprint density at radius 2 is 2.24 bits per heavy atom. The van der Waals surface area contributed by atoms with E-state index in [4.69, 9.17) is 11.6 Å². The minimum absolute atomic E-state index is 0.425. The number of halogens is 1. The minimum atomic E-state index is 0.425. The first-order valence-electron chi connectivity index (χ1n) is 7.17. The van der Waals surface area contributed by atoms with Gasteiger partial charge >= 0.3 is 0 Å². The molecule has 7 heteroatoms. The van der Waals surface area contributed by atoms with E-state index >= 15 is 0 Å². The molecule has 0 saturated carbocycles. The number of likely N-dealkylation sites (tertiary alicyclic amines) is 1. The van der Waals surface area contributed by atoms with Crippen molar-refractivity contribution >= 4 is 17.3 Å². The molecule has 2 aromatic rings. The van der Waals surface area contributed by atoms with E-state index in [1.165, 1.54) is 0 Å². The molecule has 1 fully saturated rings. The maximum Gasteiger partial charge on any atom is 0.143 e. The molecule has 3 rings (SSSR count). The number of nitrogens with one attached hydrogen (secondary N) is 1.